The van der Waals surface area contributed by atoms with Gasteiger partial charge in [-0.25, -0.2) is 4.98 Å². The lowest BCUT2D eigenvalue weighted by molar-refractivity contribution is 0.0617. The van der Waals surface area contributed by atoms with Crippen molar-refractivity contribution in [1.82, 2.24) is 9.88 Å². The summed E-state index contributed by atoms with van der Waals surface area (Å²) in [5.41, 5.74) is 1.18. The molecule has 0 unspecified atom stereocenters. The topological polar surface area (TPSA) is 62.3 Å². The van der Waals surface area contributed by atoms with Gasteiger partial charge in [0, 0.05) is 41.2 Å². The molecule has 3 aromatic rings. The van der Waals surface area contributed by atoms with Crippen molar-refractivity contribution in [2.24, 2.45) is 0 Å². The molecule has 0 saturated carbocycles. The number of rotatable bonds is 4. The summed E-state index contributed by atoms with van der Waals surface area (Å²) in [7, 11) is 0. The van der Waals surface area contributed by atoms with Crippen LogP contribution >= 0.6 is 11.3 Å². The number of imide groups is 1. The third kappa shape index (κ3) is 2.27. The number of hydrogen-bond acceptors (Lipinski definition) is 5. The first-order valence-corrected chi connectivity index (χ1v) is 8.15. The van der Waals surface area contributed by atoms with E-state index < -0.39 is 0 Å². The van der Waals surface area contributed by atoms with Crippen LogP contribution < -0.4 is 5.32 Å². The van der Waals surface area contributed by atoms with Crippen LogP contribution in [0.1, 0.15) is 20.7 Å². The highest BCUT2D eigenvalue weighted by Gasteiger charge is 2.32. The molecule has 2 amide bonds. The van der Waals surface area contributed by atoms with Crippen LogP contribution in [-0.2, 0) is 0 Å². The molecule has 6 heteroatoms. The zero-order valence-corrected chi connectivity index (χ0v) is 13.0. The van der Waals surface area contributed by atoms with E-state index in [1.165, 1.54) is 16.2 Å². The number of anilines is 1. The first-order valence-electron chi connectivity index (χ1n) is 7.27. The molecule has 0 bridgehead atoms. The Morgan fingerprint density at radius 1 is 1.04 bits per heavy atom. The third-order valence-corrected chi connectivity index (χ3v) is 4.63. The molecule has 1 aliphatic heterocycles. The molecule has 4 rings (SSSR count). The number of thiazole rings is 1. The first-order chi connectivity index (χ1) is 11.3. The van der Waals surface area contributed by atoms with Crippen LogP contribution in [0.25, 0.3) is 10.8 Å². The van der Waals surface area contributed by atoms with Crippen LogP contribution in [0.4, 0.5) is 5.13 Å². The number of nitrogens with zero attached hydrogens (tertiary/aromatic N) is 2. The van der Waals surface area contributed by atoms with Gasteiger partial charge in [-0.05, 0) is 17.5 Å². The summed E-state index contributed by atoms with van der Waals surface area (Å²) < 4.78 is 0. The van der Waals surface area contributed by atoms with Crippen molar-refractivity contribution in [2.45, 2.75) is 0 Å². The van der Waals surface area contributed by atoms with E-state index in [9.17, 15) is 9.59 Å². The fraction of sp³-hybridized carbons (Fsp3) is 0.118. The average Bonchev–Trinajstić information content (AvgIpc) is 3.09. The molecule has 1 aliphatic rings. The molecule has 0 radical (unpaired) electrons. The molecule has 114 valence electrons. The molecule has 0 spiro atoms. The van der Waals surface area contributed by atoms with E-state index in [2.05, 4.69) is 10.3 Å². The van der Waals surface area contributed by atoms with Gasteiger partial charge in [0.15, 0.2) is 5.13 Å². The van der Waals surface area contributed by atoms with Crippen LogP contribution in [0.5, 0.6) is 0 Å². The fourth-order valence-corrected chi connectivity index (χ4v) is 3.43. The Labute approximate surface area is 136 Å². The Morgan fingerprint density at radius 2 is 1.74 bits per heavy atom. The Balaban J connectivity index is 1.63. The smallest absolute Gasteiger partial charge is 0.261 e. The largest absolute Gasteiger partial charge is 0.360 e. The lowest BCUT2D eigenvalue weighted by Gasteiger charge is -2.27. The number of aromatic nitrogens is 1. The summed E-state index contributed by atoms with van der Waals surface area (Å²) in [5.74, 6) is -0.472. The van der Waals surface area contributed by atoms with Crippen molar-refractivity contribution in [1.29, 1.82) is 0 Å². The number of carbonyl (C=O) groups is 2. The van der Waals surface area contributed by atoms with E-state index >= 15 is 0 Å². The number of benzene rings is 2. The first kappa shape index (κ1) is 13.9. The maximum atomic E-state index is 12.7. The average molecular weight is 323 g/mol. The molecule has 0 saturated heterocycles. The highest BCUT2D eigenvalue weighted by atomic mass is 32.1. The van der Waals surface area contributed by atoms with E-state index in [0.717, 1.165) is 15.9 Å². The van der Waals surface area contributed by atoms with E-state index in [-0.39, 0.29) is 11.8 Å². The van der Waals surface area contributed by atoms with Gasteiger partial charge < -0.3 is 5.32 Å². The van der Waals surface area contributed by atoms with Gasteiger partial charge in [-0.2, -0.15) is 0 Å². The number of carbonyl (C=O) groups excluding carboxylic acids is 2. The molecule has 2 aromatic carbocycles. The highest BCUT2D eigenvalue weighted by molar-refractivity contribution is 7.13. The van der Waals surface area contributed by atoms with E-state index in [1.807, 2.05) is 29.6 Å². The number of nitrogens with one attached hydrogen (secondary N) is 1. The van der Waals surface area contributed by atoms with Gasteiger partial charge in [-0.1, -0.05) is 24.3 Å². The van der Waals surface area contributed by atoms with Gasteiger partial charge in [0.1, 0.15) is 0 Å². The van der Waals surface area contributed by atoms with Crippen molar-refractivity contribution in [2.75, 3.05) is 18.4 Å². The molecular formula is C17H13N3O2S. The summed E-state index contributed by atoms with van der Waals surface area (Å²) in [6, 6.07) is 11.1. The van der Waals surface area contributed by atoms with Crippen LogP contribution in [-0.4, -0.2) is 34.8 Å². The van der Waals surface area contributed by atoms with E-state index in [0.29, 0.717) is 24.2 Å². The van der Waals surface area contributed by atoms with Gasteiger partial charge in [-0.3, -0.25) is 14.5 Å². The molecule has 0 atom stereocenters. The molecule has 0 aliphatic carbocycles. The Bertz CT molecular complexity index is 855. The van der Waals surface area contributed by atoms with Crippen molar-refractivity contribution in [3.05, 3.63) is 59.1 Å². The molecular weight excluding hydrogens is 310 g/mol. The lowest BCUT2D eigenvalue weighted by atomic mass is 9.94. The molecule has 2 heterocycles. The monoisotopic (exact) mass is 323 g/mol. The van der Waals surface area contributed by atoms with Gasteiger partial charge >= 0.3 is 0 Å². The lowest BCUT2D eigenvalue weighted by Crippen LogP contribution is -2.42. The normalized spacial score (nSPS) is 13.7. The van der Waals surface area contributed by atoms with Crippen LogP contribution in [0, 0.1) is 0 Å². The van der Waals surface area contributed by atoms with Gasteiger partial charge in [0.25, 0.3) is 11.8 Å². The van der Waals surface area contributed by atoms with Crippen LogP contribution in [0.3, 0.4) is 0 Å². The minimum Gasteiger partial charge on any atom is -0.360 e. The van der Waals surface area contributed by atoms with E-state index in [1.54, 1.807) is 18.3 Å². The Morgan fingerprint density at radius 3 is 2.35 bits per heavy atom. The molecule has 1 aromatic heterocycles. The van der Waals surface area contributed by atoms with Crippen LogP contribution in [0.2, 0.25) is 0 Å². The molecule has 1 N–H and O–H groups in total. The summed E-state index contributed by atoms with van der Waals surface area (Å²) in [6.45, 7) is 0.783. The van der Waals surface area contributed by atoms with Gasteiger partial charge in [0.05, 0.1) is 0 Å². The van der Waals surface area contributed by atoms with Crippen molar-refractivity contribution < 1.29 is 9.59 Å². The van der Waals surface area contributed by atoms with Crippen molar-refractivity contribution in [3.63, 3.8) is 0 Å². The predicted octanol–water partition coefficient (Wildman–Crippen LogP) is 3.00. The standard InChI is InChI=1S/C17H13N3O2S/c21-15-12-5-1-3-11-4-2-6-13(14(11)12)16(22)20(15)9-7-18-17-19-8-10-23-17/h1-6,8,10H,7,9H2,(H,18,19). The second-order valence-electron chi connectivity index (χ2n) is 5.24. The van der Waals surface area contributed by atoms with Crippen molar-refractivity contribution >= 4 is 39.1 Å². The number of amides is 2. The van der Waals surface area contributed by atoms with Crippen LogP contribution in [0.15, 0.2) is 48.0 Å². The predicted molar refractivity (Wildman–Crippen MR) is 89.9 cm³/mol. The van der Waals surface area contributed by atoms with E-state index in [4.69, 9.17) is 0 Å². The Hall–Kier alpha value is -2.73. The zero-order chi connectivity index (χ0) is 15.8. The maximum absolute atomic E-state index is 12.7. The molecule has 0 fully saturated rings. The molecule has 23 heavy (non-hydrogen) atoms. The maximum Gasteiger partial charge on any atom is 0.261 e. The SMILES string of the molecule is O=C1c2cccc3cccc(c23)C(=O)N1CCNc1nccs1. The quantitative estimate of drug-likeness (QED) is 0.750. The Kier molecular flexibility index (Phi) is 3.31. The summed E-state index contributed by atoms with van der Waals surface area (Å²) >= 11 is 1.48. The minimum atomic E-state index is -0.236. The van der Waals surface area contributed by atoms with Crippen molar-refractivity contribution in [3.8, 4) is 0 Å². The van der Waals surface area contributed by atoms with Gasteiger partial charge in [0.2, 0.25) is 0 Å². The number of hydrogen-bond donors (Lipinski definition) is 1. The fourth-order valence-electron chi connectivity index (χ4n) is 2.87. The minimum absolute atomic E-state index is 0.236. The second kappa shape index (κ2) is 5.48. The summed E-state index contributed by atoms with van der Waals surface area (Å²) in [6.07, 6.45) is 1.71. The zero-order valence-electron chi connectivity index (χ0n) is 12.2. The molecule has 5 nitrogen and oxygen atoms in total. The third-order valence-electron chi connectivity index (χ3n) is 3.90. The second-order valence-corrected chi connectivity index (χ2v) is 6.13. The summed E-state index contributed by atoms with van der Waals surface area (Å²) in [5, 5.41) is 7.45. The summed E-state index contributed by atoms with van der Waals surface area (Å²) in [4.78, 5) is 30.8. The van der Waals surface area contributed by atoms with Gasteiger partial charge in [-0.15, -0.1) is 11.3 Å². The highest BCUT2D eigenvalue weighted by Crippen LogP contribution is 2.29.